The number of benzene rings is 1. The van der Waals surface area contributed by atoms with Crippen molar-refractivity contribution in [2.24, 2.45) is 0 Å². The van der Waals surface area contributed by atoms with E-state index in [4.69, 9.17) is 0 Å². The zero-order valence-electron chi connectivity index (χ0n) is 9.46. The third-order valence-electron chi connectivity index (χ3n) is 2.99. The molecule has 1 aromatic rings. The van der Waals surface area contributed by atoms with Crippen LogP contribution in [0.2, 0.25) is 0 Å². The van der Waals surface area contributed by atoms with Crippen molar-refractivity contribution in [3.63, 3.8) is 0 Å². The number of hydrogen-bond acceptors (Lipinski definition) is 3. The van der Waals surface area contributed by atoms with E-state index >= 15 is 0 Å². The Bertz CT molecular complexity index is 428. The fourth-order valence-corrected chi connectivity index (χ4v) is 1.99. The number of non-ortho nitro benzene ring substituents is 1. The average Bonchev–Trinajstić information content (AvgIpc) is 2.73. The predicted molar refractivity (Wildman–Crippen MR) is 62.6 cm³/mol. The van der Waals surface area contributed by atoms with Gasteiger partial charge in [-0.2, -0.15) is 0 Å². The highest BCUT2D eigenvalue weighted by Gasteiger charge is 2.19. The van der Waals surface area contributed by atoms with E-state index in [0.717, 1.165) is 24.9 Å². The van der Waals surface area contributed by atoms with Crippen LogP contribution in [-0.4, -0.2) is 28.8 Å². The van der Waals surface area contributed by atoms with Crippen molar-refractivity contribution in [2.45, 2.75) is 19.3 Å². The highest BCUT2D eigenvalue weighted by atomic mass is 16.6. The second kappa shape index (κ2) is 4.95. The van der Waals surface area contributed by atoms with Crippen molar-refractivity contribution in [2.75, 3.05) is 13.1 Å². The Morgan fingerprint density at radius 1 is 1.29 bits per heavy atom. The molecule has 0 saturated carbocycles. The van der Waals surface area contributed by atoms with Gasteiger partial charge in [-0.05, 0) is 18.4 Å². The molecule has 0 bridgehead atoms. The van der Waals surface area contributed by atoms with Crippen molar-refractivity contribution in [1.82, 2.24) is 4.90 Å². The van der Waals surface area contributed by atoms with E-state index in [2.05, 4.69) is 0 Å². The number of nitro groups is 1. The van der Waals surface area contributed by atoms with Gasteiger partial charge in [0.15, 0.2) is 0 Å². The van der Waals surface area contributed by atoms with Crippen molar-refractivity contribution >= 4 is 11.6 Å². The summed E-state index contributed by atoms with van der Waals surface area (Å²) < 4.78 is 0. The largest absolute Gasteiger partial charge is 0.342 e. The zero-order chi connectivity index (χ0) is 12.3. The van der Waals surface area contributed by atoms with Crippen LogP contribution in [0.4, 0.5) is 5.69 Å². The molecule has 0 aliphatic carbocycles. The molecule has 0 radical (unpaired) electrons. The van der Waals surface area contributed by atoms with Crippen molar-refractivity contribution in [3.8, 4) is 0 Å². The molecular weight excluding hydrogens is 220 g/mol. The molecule has 1 aliphatic heterocycles. The van der Waals surface area contributed by atoms with Gasteiger partial charge in [-0.15, -0.1) is 0 Å². The van der Waals surface area contributed by atoms with Crippen molar-refractivity contribution < 1.29 is 9.72 Å². The molecule has 1 fully saturated rings. The van der Waals surface area contributed by atoms with E-state index < -0.39 is 4.92 Å². The molecule has 17 heavy (non-hydrogen) atoms. The van der Waals surface area contributed by atoms with Crippen LogP contribution in [0.5, 0.6) is 0 Å². The van der Waals surface area contributed by atoms with Gasteiger partial charge in [-0.25, -0.2) is 0 Å². The summed E-state index contributed by atoms with van der Waals surface area (Å²) in [6.45, 7) is 1.54. The number of amides is 1. The fraction of sp³-hybridized carbons (Fsp3) is 0.417. The standard InChI is InChI=1S/C12H14N2O3/c15-12-2-1-8-13(12)9-7-10-3-5-11(6-4-10)14(16)17/h3-6H,1-2,7-9H2. The molecule has 5 nitrogen and oxygen atoms in total. The summed E-state index contributed by atoms with van der Waals surface area (Å²) in [5.41, 5.74) is 1.13. The lowest BCUT2D eigenvalue weighted by Crippen LogP contribution is -2.26. The molecule has 0 aromatic heterocycles. The number of nitro benzene ring substituents is 1. The third kappa shape index (κ3) is 2.81. The van der Waals surface area contributed by atoms with Gasteiger partial charge in [0.1, 0.15) is 0 Å². The summed E-state index contributed by atoms with van der Waals surface area (Å²) in [6, 6.07) is 6.50. The van der Waals surface area contributed by atoms with E-state index in [1.54, 1.807) is 12.1 Å². The first-order valence-corrected chi connectivity index (χ1v) is 5.68. The Hall–Kier alpha value is -1.91. The SMILES string of the molecule is O=C1CCCN1CCc1ccc([N+](=O)[O-])cc1. The number of hydrogen-bond donors (Lipinski definition) is 0. The van der Waals surface area contributed by atoms with Crippen LogP contribution in [-0.2, 0) is 11.2 Å². The smallest absolute Gasteiger partial charge is 0.269 e. The quantitative estimate of drug-likeness (QED) is 0.589. The van der Waals surface area contributed by atoms with Crippen molar-refractivity contribution in [3.05, 3.63) is 39.9 Å². The maximum Gasteiger partial charge on any atom is 0.269 e. The highest BCUT2D eigenvalue weighted by molar-refractivity contribution is 5.78. The van der Waals surface area contributed by atoms with Gasteiger partial charge in [-0.3, -0.25) is 14.9 Å². The molecule has 1 saturated heterocycles. The van der Waals surface area contributed by atoms with E-state index in [-0.39, 0.29) is 11.6 Å². The molecule has 2 rings (SSSR count). The first kappa shape index (κ1) is 11.6. The topological polar surface area (TPSA) is 63.5 Å². The fourth-order valence-electron chi connectivity index (χ4n) is 1.99. The van der Waals surface area contributed by atoms with E-state index in [0.29, 0.717) is 13.0 Å². The van der Waals surface area contributed by atoms with Gasteiger partial charge in [0.05, 0.1) is 4.92 Å². The minimum absolute atomic E-state index is 0.103. The summed E-state index contributed by atoms with van der Waals surface area (Å²) in [5, 5.41) is 10.5. The number of carbonyl (C=O) groups is 1. The lowest BCUT2D eigenvalue weighted by Gasteiger charge is -2.14. The highest BCUT2D eigenvalue weighted by Crippen LogP contribution is 2.14. The summed E-state index contributed by atoms with van der Waals surface area (Å²) in [5.74, 6) is 0.215. The Morgan fingerprint density at radius 2 is 2.00 bits per heavy atom. The molecule has 0 atom stereocenters. The normalized spacial score (nSPS) is 15.3. The monoisotopic (exact) mass is 234 g/mol. The lowest BCUT2D eigenvalue weighted by molar-refractivity contribution is -0.384. The number of carbonyl (C=O) groups excluding carboxylic acids is 1. The number of rotatable bonds is 4. The Morgan fingerprint density at radius 3 is 2.53 bits per heavy atom. The van der Waals surface area contributed by atoms with Crippen LogP contribution < -0.4 is 0 Å². The van der Waals surface area contributed by atoms with Crippen LogP contribution in [0.25, 0.3) is 0 Å². The second-order valence-electron chi connectivity index (χ2n) is 4.16. The molecule has 1 heterocycles. The predicted octanol–water partition coefficient (Wildman–Crippen LogP) is 1.76. The molecule has 1 amide bonds. The van der Waals surface area contributed by atoms with Gasteiger partial charge in [0.25, 0.3) is 5.69 Å². The first-order valence-electron chi connectivity index (χ1n) is 5.68. The molecule has 0 unspecified atom stereocenters. The summed E-state index contributed by atoms with van der Waals surface area (Å²) in [4.78, 5) is 23.3. The van der Waals surface area contributed by atoms with Gasteiger partial charge in [0, 0.05) is 31.6 Å². The van der Waals surface area contributed by atoms with Gasteiger partial charge in [0.2, 0.25) is 5.91 Å². The minimum Gasteiger partial charge on any atom is -0.342 e. The second-order valence-corrected chi connectivity index (χ2v) is 4.16. The van der Waals surface area contributed by atoms with Gasteiger partial charge >= 0.3 is 0 Å². The lowest BCUT2D eigenvalue weighted by atomic mass is 10.1. The third-order valence-corrected chi connectivity index (χ3v) is 2.99. The van der Waals surface area contributed by atoms with Crippen LogP contribution >= 0.6 is 0 Å². The summed E-state index contributed by atoms with van der Waals surface area (Å²) in [7, 11) is 0. The number of likely N-dealkylation sites (tertiary alicyclic amines) is 1. The zero-order valence-corrected chi connectivity index (χ0v) is 9.46. The molecular formula is C12H14N2O3. The molecule has 1 aliphatic rings. The van der Waals surface area contributed by atoms with E-state index in [9.17, 15) is 14.9 Å². The molecule has 1 aromatic carbocycles. The summed E-state index contributed by atoms with van der Waals surface area (Å²) >= 11 is 0. The summed E-state index contributed by atoms with van der Waals surface area (Å²) in [6.07, 6.45) is 2.35. The minimum atomic E-state index is -0.409. The van der Waals surface area contributed by atoms with Crippen LogP contribution in [0.3, 0.4) is 0 Å². The first-order chi connectivity index (χ1) is 8.16. The van der Waals surface area contributed by atoms with Gasteiger partial charge < -0.3 is 4.90 Å². The van der Waals surface area contributed by atoms with Crippen LogP contribution in [0, 0.1) is 10.1 Å². The van der Waals surface area contributed by atoms with E-state index in [1.165, 1.54) is 12.1 Å². The Balaban J connectivity index is 1.91. The van der Waals surface area contributed by atoms with Crippen LogP contribution in [0.15, 0.2) is 24.3 Å². The molecule has 0 spiro atoms. The average molecular weight is 234 g/mol. The van der Waals surface area contributed by atoms with Gasteiger partial charge in [-0.1, -0.05) is 12.1 Å². The molecule has 90 valence electrons. The Labute approximate surface area is 99.2 Å². The maximum atomic E-state index is 11.4. The molecule has 5 heteroatoms. The van der Waals surface area contributed by atoms with Crippen LogP contribution in [0.1, 0.15) is 18.4 Å². The Kier molecular flexibility index (Phi) is 3.37. The van der Waals surface area contributed by atoms with Crippen molar-refractivity contribution in [1.29, 1.82) is 0 Å². The van der Waals surface area contributed by atoms with E-state index in [1.807, 2.05) is 4.90 Å². The maximum absolute atomic E-state index is 11.4. The number of nitrogens with zero attached hydrogens (tertiary/aromatic N) is 2. The molecule has 0 N–H and O–H groups in total.